The van der Waals surface area contributed by atoms with Gasteiger partial charge >= 0.3 is 0 Å². The largest absolute Gasteiger partial charge is 0.492 e. The predicted molar refractivity (Wildman–Crippen MR) is 78.2 cm³/mol. The molecule has 7 heteroatoms. The number of nitrogens with two attached hydrogens (primary N) is 1. The average Bonchev–Trinajstić information content (AvgIpc) is 2.41. The van der Waals surface area contributed by atoms with Crippen molar-refractivity contribution in [2.45, 2.75) is 36.6 Å². The zero-order valence-electron chi connectivity index (χ0n) is 12.1. The number of ether oxygens (including phenoxy) is 1. The molecular weight excluding hydrogens is 295 g/mol. The van der Waals surface area contributed by atoms with E-state index in [-0.39, 0.29) is 10.6 Å². The fourth-order valence-electron chi connectivity index (χ4n) is 2.64. The van der Waals surface area contributed by atoms with Crippen LogP contribution >= 0.6 is 0 Å². The SMILES string of the molecule is CN1CCCCC1CCOc1ccc(F)cc1S(N)(=O)=O. The molecular formula is C14H21FN2O3S. The maximum Gasteiger partial charge on any atom is 0.241 e. The maximum absolute atomic E-state index is 13.2. The number of piperidine rings is 1. The summed E-state index contributed by atoms with van der Waals surface area (Å²) >= 11 is 0. The molecule has 1 aromatic rings. The first-order valence-corrected chi connectivity index (χ1v) is 8.58. The molecule has 21 heavy (non-hydrogen) atoms. The third kappa shape index (κ3) is 4.39. The second kappa shape index (κ2) is 6.72. The Labute approximate surface area is 124 Å². The van der Waals surface area contributed by atoms with Crippen molar-refractivity contribution in [2.24, 2.45) is 5.14 Å². The Morgan fingerprint density at radius 2 is 2.19 bits per heavy atom. The van der Waals surface area contributed by atoms with Gasteiger partial charge < -0.3 is 9.64 Å². The second-order valence-electron chi connectivity index (χ2n) is 5.40. The van der Waals surface area contributed by atoms with E-state index in [1.54, 1.807) is 0 Å². The molecule has 0 aliphatic carbocycles. The van der Waals surface area contributed by atoms with E-state index in [1.165, 1.54) is 18.9 Å². The summed E-state index contributed by atoms with van der Waals surface area (Å²) in [6, 6.07) is 3.80. The van der Waals surface area contributed by atoms with Gasteiger partial charge in [-0.05, 0) is 51.1 Å². The summed E-state index contributed by atoms with van der Waals surface area (Å²) in [6.45, 7) is 1.45. The fraction of sp³-hybridized carbons (Fsp3) is 0.571. The van der Waals surface area contributed by atoms with Crippen molar-refractivity contribution >= 4 is 10.0 Å². The minimum Gasteiger partial charge on any atom is -0.492 e. The lowest BCUT2D eigenvalue weighted by molar-refractivity contribution is 0.152. The van der Waals surface area contributed by atoms with Gasteiger partial charge in [0.2, 0.25) is 10.0 Å². The minimum atomic E-state index is -4.00. The van der Waals surface area contributed by atoms with Crippen LogP contribution in [-0.4, -0.2) is 39.6 Å². The molecule has 1 fully saturated rings. The number of halogens is 1. The van der Waals surface area contributed by atoms with E-state index in [1.807, 2.05) is 0 Å². The quantitative estimate of drug-likeness (QED) is 0.898. The van der Waals surface area contributed by atoms with E-state index in [0.29, 0.717) is 12.6 Å². The van der Waals surface area contributed by atoms with Gasteiger partial charge in [-0.15, -0.1) is 0 Å². The zero-order chi connectivity index (χ0) is 15.5. The predicted octanol–water partition coefficient (Wildman–Crippen LogP) is 1.73. The highest BCUT2D eigenvalue weighted by Crippen LogP contribution is 2.24. The molecule has 0 spiro atoms. The van der Waals surface area contributed by atoms with Gasteiger partial charge in [0, 0.05) is 6.04 Å². The smallest absolute Gasteiger partial charge is 0.241 e. The van der Waals surface area contributed by atoms with E-state index >= 15 is 0 Å². The first-order valence-electron chi connectivity index (χ1n) is 7.03. The van der Waals surface area contributed by atoms with Crippen molar-refractivity contribution in [1.82, 2.24) is 4.90 Å². The first kappa shape index (κ1) is 16.2. The van der Waals surface area contributed by atoms with Gasteiger partial charge in [-0.2, -0.15) is 0 Å². The van der Waals surface area contributed by atoms with Gasteiger partial charge in [-0.3, -0.25) is 0 Å². The summed E-state index contributed by atoms with van der Waals surface area (Å²) in [5.74, 6) is -0.546. The van der Waals surface area contributed by atoms with Gasteiger partial charge in [-0.1, -0.05) is 6.42 Å². The summed E-state index contributed by atoms with van der Waals surface area (Å²) in [6.07, 6.45) is 4.33. The zero-order valence-corrected chi connectivity index (χ0v) is 12.9. The number of likely N-dealkylation sites (tertiary alicyclic amines) is 1. The van der Waals surface area contributed by atoms with Crippen LogP contribution in [-0.2, 0) is 10.0 Å². The van der Waals surface area contributed by atoms with Gasteiger partial charge in [0.05, 0.1) is 6.61 Å². The highest BCUT2D eigenvalue weighted by Gasteiger charge is 2.20. The van der Waals surface area contributed by atoms with Crippen molar-refractivity contribution in [2.75, 3.05) is 20.2 Å². The number of nitrogens with zero attached hydrogens (tertiary/aromatic N) is 1. The summed E-state index contributed by atoms with van der Waals surface area (Å²) in [4.78, 5) is 1.98. The summed E-state index contributed by atoms with van der Waals surface area (Å²) in [5.41, 5.74) is 0. The van der Waals surface area contributed by atoms with Crippen LogP contribution < -0.4 is 9.88 Å². The molecule has 1 aliphatic heterocycles. The molecule has 1 aliphatic rings. The molecule has 1 aromatic carbocycles. The molecule has 1 heterocycles. The van der Waals surface area contributed by atoms with Crippen molar-refractivity contribution in [3.05, 3.63) is 24.0 Å². The number of primary sulfonamides is 1. The van der Waals surface area contributed by atoms with Gasteiger partial charge in [0.15, 0.2) is 0 Å². The highest BCUT2D eigenvalue weighted by atomic mass is 32.2. The van der Waals surface area contributed by atoms with Crippen LogP contribution in [0.3, 0.4) is 0 Å². The van der Waals surface area contributed by atoms with Crippen LogP contribution in [0, 0.1) is 5.82 Å². The van der Waals surface area contributed by atoms with Gasteiger partial charge in [0.1, 0.15) is 16.5 Å². The van der Waals surface area contributed by atoms with E-state index in [2.05, 4.69) is 11.9 Å². The lowest BCUT2D eigenvalue weighted by atomic mass is 10.0. The van der Waals surface area contributed by atoms with E-state index in [0.717, 1.165) is 31.5 Å². The summed E-state index contributed by atoms with van der Waals surface area (Å²) in [7, 11) is -1.92. The molecule has 2 rings (SSSR count). The number of rotatable bonds is 5. The molecule has 0 saturated carbocycles. The van der Waals surface area contributed by atoms with Gasteiger partial charge in [0.25, 0.3) is 0 Å². The maximum atomic E-state index is 13.2. The van der Waals surface area contributed by atoms with Crippen LogP contribution in [0.25, 0.3) is 0 Å². The topological polar surface area (TPSA) is 72.6 Å². The monoisotopic (exact) mass is 316 g/mol. The van der Waals surface area contributed by atoms with Gasteiger partial charge in [-0.25, -0.2) is 17.9 Å². The third-order valence-corrected chi connectivity index (χ3v) is 4.77. The number of sulfonamides is 1. The van der Waals surface area contributed by atoms with Crippen LogP contribution in [0.2, 0.25) is 0 Å². The first-order chi connectivity index (χ1) is 9.88. The minimum absolute atomic E-state index is 0.109. The molecule has 0 radical (unpaired) electrons. The number of hydrogen-bond acceptors (Lipinski definition) is 4. The molecule has 0 aromatic heterocycles. The molecule has 2 N–H and O–H groups in total. The van der Waals surface area contributed by atoms with Crippen molar-refractivity contribution < 1.29 is 17.5 Å². The Morgan fingerprint density at radius 1 is 1.43 bits per heavy atom. The Kier molecular flexibility index (Phi) is 5.18. The van der Waals surface area contributed by atoms with Crippen molar-refractivity contribution in [3.8, 4) is 5.75 Å². The molecule has 1 unspecified atom stereocenters. The Bertz CT molecular complexity index is 592. The van der Waals surface area contributed by atoms with Crippen LogP contribution in [0.5, 0.6) is 5.75 Å². The van der Waals surface area contributed by atoms with E-state index in [9.17, 15) is 12.8 Å². The van der Waals surface area contributed by atoms with Crippen molar-refractivity contribution in [3.63, 3.8) is 0 Å². The molecule has 5 nitrogen and oxygen atoms in total. The lowest BCUT2D eigenvalue weighted by Crippen LogP contribution is -2.37. The average molecular weight is 316 g/mol. The van der Waals surface area contributed by atoms with Crippen LogP contribution in [0.4, 0.5) is 4.39 Å². The van der Waals surface area contributed by atoms with Crippen molar-refractivity contribution in [1.29, 1.82) is 0 Å². The fourth-order valence-corrected chi connectivity index (χ4v) is 3.32. The lowest BCUT2D eigenvalue weighted by Gasteiger charge is -2.32. The normalized spacial score (nSPS) is 20.4. The summed E-state index contributed by atoms with van der Waals surface area (Å²) < 4.78 is 41.6. The second-order valence-corrected chi connectivity index (χ2v) is 6.93. The standard InChI is InChI=1S/C14H21FN2O3S/c1-17-8-3-2-4-12(17)7-9-20-13-6-5-11(15)10-14(13)21(16,18)19/h5-6,10,12H,2-4,7-9H2,1H3,(H2,16,18,19). The molecule has 0 amide bonds. The Balaban J connectivity index is 2.00. The molecule has 0 bridgehead atoms. The van der Waals surface area contributed by atoms with E-state index < -0.39 is 15.8 Å². The van der Waals surface area contributed by atoms with E-state index in [4.69, 9.17) is 9.88 Å². The molecule has 1 atom stereocenters. The summed E-state index contributed by atoms with van der Waals surface area (Å²) in [5, 5.41) is 5.08. The Morgan fingerprint density at radius 3 is 2.86 bits per heavy atom. The van der Waals surface area contributed by atoms with Crippen LogP contribution in [0.1, 0.15) is 25.7 Å². The van der Waals surface area contributed by atoms with Crippen LogP contribution in [0.15, 0.2) is 23.1 Å². The third-order valence-electron chi connectivity index (χ3n) is 3.84. The number of benzene rings is 1. The molecule has 118 valence electrons. The number of hydrogen-bond donors (Lipinski definition) is 1. The molecule has 1 saturated heterocycles. The highest BCUT2D eigenvalue weighted by molar-refractivity contribution is 7.89. The Hall–Kier alpha value is -1.18.